The molecule has 2 amide bonds. The van der Waals surface area contributed by atoms with Crippen LogP contribution < -0.4 is 10.2 Å². The topological polar surface area (TPSA) is 78.4 Å². The van der Waals surface area contributed by atoms with Crippen LogP contribution in [0.3, 0.4) is 0 Å². The predicted octanol–water partition coefficient (Wildman–Crippen LogP) is -0.105. The van der Waals surface area contributed by atoms with E-state index in [0.717, 1.165) is 18.9 Å². The summed E-state index contributed by atoms with van der Waals surface area (Å²) in [6.45, 7) is 4.74. The average Bonchev–Trinajstić information content (AvgIpc) is 2.53. The lowest BCUT2D eigenvalue weighted by molar-refractivity contribution is -0.131. The molecule has 0 saturated carbocycles. The Morgan fingerprint density at radius 1 is 1.20 bits per heavy atom. The van der Waals surface area contributed by atoms with Gasteiger partial charge in [0.2, 0.25) is 5.91 Å². The third kappa shape index (κ3) is 3.04. The van der Waals surface area contributed by atoms with E-state index in [2.05, 4.69) is 20.4 Å². The van der Waals surface area contributed by atoms with Crippen LogP contribution in [0.25, 0.3) is 0 Å². The van der Waals surface area contributed by atoms with Crippen molar-refractivity contribution in [3.63, 3.8) is 0 Å². The second-order valence-corrected chi connectivity index (χ2v) is 4.58. The molecule has 0 bridgehead atoms. The van der Waals surface area contributed by atoms with Gasteiger partial charge in [-0.05, 0) is 12.1 Å². The van der Waals surface area contributed by atoms with E-state index in [1.54, 1.807) is 19.2 Å². The molecule has 0 unspecified atom stereocenters. The van der Waals surface area contributed by atoms with Gasteiger partial charge in [0.15, 0.2) is 11.5 Å². The van der Waals surface area contributed by atoms with Crippen LogP contribution >= 0.6 is 0 Å². The molecule has 1 aromatic rings. The number of carbonyl (C=O) groups is 2. The van der Waals surface area contributed by atoms with Crippen LogP contribution in [0.4, 0.5) is 5.82 Å². The summed E-state index contributed by atoms with van der Waals surface area (Å²) in [6.07, 6.45) is 0.542. The summed E-state index contributed by atoms with van der Waals surface area (Å²) >= 11 is 0. The third-order valence-electron chi connectivity index (χ3n) is 3.37. The summed E-state index contributed by atoms with van der Waals surface area (Å²) < 4.78 is 0. The number of nitrogens with one attached hydrogen (secondary N) is 1. The second-order valence-electron chi connectivity index (χ2n) is 4.58. The fourth-order valence-electron chi connectivity index (χ4n) is 2.15. The number of amides is 2. The molecule has 1 aliphatic rings. The molecule has 2 rings (SSSR count). The molecule has 1 fully saturated rings. The van der Waals surface area contributed by atoms with Crippen LogP contribution in [-0.2, 0) is 4.79 Å². The van der Waals surface area contributed by atoms with Crippen molar-refractivity contribution in [2.75, 3.05) is 38.1 Å². The van der Waals surface area contributed by atoms with E-state index in [0.29, 0.717) is 25.2 Å². The number of aromatic nitrogens is 2. The van der Waals surface area contributed by atoms with Gasteiger partial charge in [-0.3, -0.25) is 9.59 Å². The van der Waals surface area contributed by atoms with Gasteiger partial charge in [-0.15, -0.1) is 10.2 Å². The molecule has 0 aliphatic carbocycles. The highest BCUT2D eigenvalue weighted by Gasteiger charge is 2.21. The van der Waals surface area contributed by atoms with Crippen LogP contribution in [-0.4, -0.2) is 60.1 Å². The standard InChI is InChI=1S/C13H19N5O2/c1-3-12(19)18-8-6-17(7-9-18)11-5-4-10(15-16-11)13(20)14-2/h4-5H,3,6-9H2,1-2H3,(H,14,20). The smallest absolute Gasteiger partial charge is 0.271 e. The molecule has 108 valence electrons. The van der Waals surface area contributed by atoms with Crippen molar-refractivity contribution >= 4 is 17.6 Å². The van der Waals surface area contributed by atoms with Gasteiger partial charge in [0, 0.05) is 39.6 Å². The summed E-state index contributed by atoms with van der Waals surface area (Å²) in [5.74, 6) is 0.675. The number of nitrogens with zero attached hydrogens (tertiary/aromatic N) is 4. The molecular formula is C13H19N5O2. The fraction of sp³-hybridized carbons (Fsp3) is 0.538. The normalized spacial score (nSPS) is 15.1. The van der Waals surface area contributed by atoms with E-state index in [-0.39, 0.29) is 11.8 Å². The van der Waals surface area contributed by atoms with Crippen molar-refractivity contribution in [2.24, 2.45) is 0 Å². The molecule has 0 radical (unpaired) electrons. The Hall–Kier alpha value is -2.18. The molecule has 1 aromatic heterocycles. The molecule has 0 spiro atoms. The van der Waals surface area contributed by atoms with Crippen LogP contribution in [0.5, 0.6) is 0 Å². The minimum Gasteiger partial charge on any atom is -0.354 e. The lowest BCUT2D eigenvalue weighted by atomic mass is 10.2. The number of piperazine rings is 1. The highest BCUT2D eigenvalue weighted by molar-refractivity contribution is 5.91. The molecular weight excluding hydrogens is 258 g/mol. The number of rotatable bonds is 3. The summed E-state index contributed by atoms with van der Waals surface area (Å²) in [5.41, 5.74) is 0.302. The predicted molar refractivity (Wildman–Crippen MR) is 74.5 cm³/mol. The lowest BCUT2D eigenvalue weighted by Gasteiger charge is -2.35. The first-order valence-electron chi connectivity index (χ1n) is 6.74. The van der Waals surface area contributed by atoms with Gasteiger partial charge in [-0.1, -0.05) is 6.92 Å². The van der Waals surface area contributed by atoms with Crippen LogP contribution in [0.1, 0.15) is 23.8 Å². The Morgan fingerprint density at radius 2 is 1.90 bits per heavy atom. The van der Waals surface area contributed by atoms with Gasteiger partial charge in [0.1, 0.15) is 0 Å². The van der Waals surface area contributed by atoms with Crippen molar-refractivity contribution in [3.05, 3.63) is 17.8 Å². The average molecular weight is 277 g/mol. The quantitative estimate of drug-likeness (QED) is 0.834. The first-order chi connectivity index (χ1) is 9.65. The van der Waals surface area contributed by atoms with Crippen LogP contribution in [0, 0.1) is 0 Å². The highest BCUT2D eigenvalue weighted by atomic mass is 16.2. The van der Waals surface area contributed by atoms with Crippen molar-refractivity contribution in [3.8, 4) is 0 Å². The SMILES string of the molecule is CCC(=O)N1CCN(c2ccc(C(=O)NC)nn2)CC1. The zero-order valence-electron chi connectivity index (χ0n) is 11.8. The van der Waals surface area contributed by atoms with Crippen LogP contribution in [0.15, 0.2) is 12.1 Å². The zero-order valence-corrected chi connectivity index (χ0v) is 11.8. The minimum absolute atomic E-state index is 0.186. The molecule has 7 heteroatoms. The van der Waals surface area contributed by atoms with Gasteiger partial charge in [0.25, 0.3) is 5.91 Å². The molecule has 0 aromatic carbocycles. The fourth-order valence-corrected chi connectivity index (χ4v) is 2.15. The third-order valence-corrected chi connectivity index (χ3v) is 3.37. The monoisotopic (exact) mass is 277 g/mol. The Bertz CT molecular complexity index is 480. The Labute approximate surface area is 118 Å². The molecule has 1 N–H and O–H groups in total. The molecule has 7 nitrogen and oxygen atoms in total. The number of hydrogen-bond acceptors (Lipinski definition) is 5. The molecule has 1 aliphatic heterocycles. The number of hydrogen-bond donors (Lipinski definition) is 1. The summed E-state index contributed by atoms with van der Waals surface area (Å²) in [4.78, 5) is 26.9. The van der Waals surface area contributed by atoms with Gasteiger partial charge in [-0.25, -0.2) is 0 Å². The summed E-state index contributed by atoms with van der Waals surface area (Å²) in [6, 6.07) is 3.44. The Morgan fingerprint density at radius 3 is 2.40 bits per heavy atom. The van der Waals surface area contributed by atoms with E-state index in [4.69, 9.17) is 0 Å². The first-order valence-corrected chi connectivity index (χ1v) is 6.74. The van der Waals surface area contributed by atoms with Crippen molar-refractivity contribution in [1.82, 2.24) is 20.4 Å². The second kappa shape index (κ2) is 6.31. The summed E-state index contributed by atoms with van der Waals surface area (Å²) in [7, 11) is 1.56. The van der Waals surface area contributed by atoms with Gasteiger partial charge < -0.3 is 15.1 Å². The molecule has 0 atom stereocenters. The zero-order chi connectivity index (χ0) is 14.5. The maximum Gasteiger partial charge on any atom is 0.271 e. The number of anilines is 1. The Kier molecular flexibility index (Phi) is 4.49. The molecule has 2 heterocycles. The minimum atomic E-state index is -0.248. The largest absolute Gasteiger partial charge is 0.354 e. The molecule has 20 heavy (non-hydrogen) atoms. The van der Waals surface area contributed by atoms with E-state index in [9.17, 15) is 9.59 Å². The van der Waals surface area contributed by atoms with E-state index in [1.807, 2.05) is 11.8 Å². The maximum atomic E-state index is 11.6. The van der Waals surface area contributed by atoms with E-state index < -0.39 is 0 Å². The van der Waals surface area contributed by atoms with Crippen molar-refractivity contribution in [1.29, 1.82) is 0 Å². The van der Waals surface area contributed by atoms with E-state index in [1.165, 1.54) is 0 Å². The van der Waals surface area contributed by atoms with Crippen molar-refractivity contribution in [2.45, 2.75) is 13.3 Å². The van der Waals surface area contributed by atoms with Gasteiger partial charge in [0.05, 0.1) is 0 Å². The van der Waals surface area contributed by atoms with E-state index >= 15 is 0 Å². The molecule has 1 saturated heterocycles. The maximum absolute atomic E-state index is 11.6. The lowest BCUT2D eigenvalue weighted by Crippen LogP contribution is -2.48. The van der Waals surface area contributed by atoms with Gasteiger partial charge in [-0.2, -0.15) is 0 Å². The van der Waals surface area contributed by atoms with Crippen LogP contribution in [0.2, 0.25) is 0 Å². The highest BCUT2D eigenvalue weighted by Crippen LogP contribution is 2.13. The van der Waals surface area contributed by atoms with Gasteiger partial charge >= 0.3 is 0 Å². The summed E-state index contributed by atoms with van der Waals surface area (Å²) in [5, 5.41) is 10.5. The van der Waals surface area contributed by atoms with Crippen molar-refractivity contribution < 1.29 is 9.59 Å². The number of carbonyl (C=O) groups excluding carboxylic acids is 2. The first kappa shape index (κ1) is 14.2. The Balaban J connectivity index is 1.97.